The van der Waals surface area contributed by atoms with E-state index in [1.807, 2.05) is 43.3 Å². The van der Waals surface area contributed by atoms with Gasteiger partial charge in [0.2, 0.25) is 10.0 Å². The monoisotopic (exact) mass is 458 g/mol. The summed E-state index contributed by atoms with van der Waals surface area (Å²) in [7, 11) is -1.45. The number of sulfonamides is 1. The fourth-order valence-electron chi connectivity index (χ4n) is 3.15. The molecule has 3 N–H and O–H groups in total. The summed E-state index contributed by atoms with van der Waals surface area (Å²) >= 11 is 0. The number of allylic oxidation sites excluding steroid dienone is 2. The van der Waals surface area contributed by atoms with E-state index in [4.69, 9.17) is 9.72 Å². The lowest BCUT2D eigenvalue weighted by atomic mass is 10.1. The number of nitrogens with one attached hydrogen (secondary N) is 3. The SMILES string of the molecule is C=C/C=C\c1c(NCCCNCCCNS(C)(=O)=O)cc(-c2ccc(OC)cc2)nc1C. The molecule has 0 atom stereocenters. The van der Waals surface area contributed by atoms with Crippen LogP contribution in [-0.4, -0.2) is 52.9 Å². The highest BCUT2D eigenvalue weighted by molar-refractivity contribution is 7.88. The molecule has 2 aromatic rings. The van der Waals surface area contributed by atoms with E-state index in [1.54, 1.807) is 13.2 Å². The Balaban J connectivity index is 1.96. The first-order valence-electron chi connectivity index (χ1n) is 10.7. The van der Waals surface area contributed by atoms with Crippen LogP contribution in [0.15, 0.2) is 49.1 Å². The minimum absolute atomic E-state index is 0.452. The molecule has 1 heterocycles. The smallest absolute Gasteiger partial charge is 0.208 e. The van der Waals surface area contributed by atoms with E-state index in [1.165, 1.54) is 6.26 Å². The van der Waals surface area contributed by atoms with E-state index in [0.29, 0.717) is 6.54 Å². The zero-order chi connectivity index (χ0) is 23.4. The molecule has 0 amide bonds. The summed E-state index contributed by atoms with van der Waals surface area (Å²) in [4.78, 5) is 4.79. The average Bonchev–Trinajstić information content (AvgIpc) is 2.76. The van der Waals surface area contributed by atoms with E-state index in [2.05, 4.69) is 28.0 Å². The lowest BCUT2D eigenvalue weighted by Gasteiger charge is -2.15. The number of pyridine rings is 1. The maximum atomic E-state index is 11.0. The van der Waals surface area contributed by atoms with Gasteiger partial charge in [-0.1, -0.05) is 24.8 Å². The third-order valence-corrected chi connectivity index (χ3v) is 5.50. The number of anilines is 1. The Morgan fingerprint density at radius 3 is 2.41 bits per heavy atom. The summed E-state index contributed by atoms with van der Waals surface area (Å²) in [5.74, 6) is 0.814. The van der Waals surface area contributed by atoms with Gasteiger partial charge >= 0.3 is 0 Å². The second-order valence-corrected chi connectivity index (χ2v) is 9.26. The van der Waals surface area contributed by atoms with Crippen LogP contribution in [0.2, 0.25) is 0 Å². The number of aromatic nitrogens is 1. The quantitative estimate of drug-likeness (QED) is 0.296. The number of aryl methyl sites for hydroxylation is 1. The molecule has 0 saturated heterocycles. The highest BCUT2D eigenvalue weighted by Crippen LogP contribution is 2.28. The molecule has 0 unspecified atom stereocenters. The molecule has 1 aromatic heterocycles. The summed E-state index contributed by atoms with van der Waals surface area (Å²) in [5.41, 5.74) is 4.94. The van der Waals surface area contributed by atoms with Gasteiger partial charge in [0.05, 0.1) is 19.1 Å². The van der Waals surface area contributed by atoms with Gasteiger partial charge in [0.25, 0.3) is 0 Å². The van der Waals surface area contributed by atoms with E-state index >= 15 is 0 Å². The van der Waals surface area contributed by atoms with Crippen molar-refractivity contribution in [2.24, 2.45) is 0 Å². The zero-order valence-electron chi connectivity index (χ0n) is 19.1. The van der Waals surface area contributed by atoms with Gasteiger partial charge in [0.15, 0.2) is 0 Å². The summed E-state index contributed by atoms with van der Waals surface area (Å²) in [6.45, 7) is 8.64. The normalized spacial score (nSPS) is 11.6. The van der Waals surface area contributed by atoms with E-state index < -0.39 is 10.0 Å². The van der Waals surface area contributed by atoms with Crippen LogP contribution < -0.4 is 20.1 Å². The van der Waals surface area contributed by atoms with Crippen LogP contribution in [0.4, 0.5) is 5.69 Å². The third-order valence-electron chi connectivity index (χ3n) is 4.77. The van der Waals surface area contributed by atoms with E-state index in [-0.39, 0.29) is 0 Å². The van der Waals surface area contributed by atoms with Crippen molar-refractivity contribution in [3.05, 3.63) is 60.3 Å². The number of rotatable bonds is 14. The van der Waals surface area contributed by atoms with Gasteiger partial charge in [-0.2, -0.15) is 0 Å². The van der Waals surface area contributed by atoms with Gasteiger partial charge < -0.3 is 15.4 Å². The first kappa shape index (κ1) is 25.6. The maximum absolute atomic E-state index is 11.0. The number of hydrogen-bond acceptors (Lipinski definition) is 6. The molecular formula is C24H34N4O3S. The molecule has 8 heteroatoms. The lowest BCUT2D eigenvalue weighted by Crippen LogP contribution is -2.27. The van der Waals surface area contributed by atoms with E-state index in [9.17, 15) is 8.42 Å². The first-order chi connectivity index (χ1) is 15.3. The Kier molecular flexibility index (Phi) is 10.4. The van der Waals surface area contributed by atoms with Crippen molar-refractivity contribution in [1.82, 2.24) is 15.0 Å². The molecule has 32 heavy (non-hydrogen) atoms. The molecule has 0 saturated carbocycles. The van der Waals surface area contributed by atoms with Crippen LogP contribution in [0.25, 0.3) is 17.3 Å². The molecule has 174 valence electrons. The Bertz CT molecular complexity index is 1000. The van der Waals surface area contributed by atoms with Gasteiger partial charge in [0, 0.05) is 35.6 Å². The molecule has 0 radical (unpaired) electrons. The number of methoxy groups -OCH3 is 1. The number of nitrogens with zero attached hydrogens (tertiary/aromatic N) is 1. The molecular weight excluding hydrogens is 424 g/mol. The zero-order valence-corrected chi connectivity index (χ0v) is 20.0. The summed E-state index contributed by atoms with van der Waals surface area (Å²) in [6.07, 6.45) is 8.54. The standard InChI is InChI=1S/C24H34N4O3S/c1-5-6-9-22-19(2)28-23(20-10-12-21(31-3)13-11-20)18-24(22)26-16-7-14-25-15-8-17-27-32(4,29)30/h5-6,9-13,18,25,27H,1,7-8,14-17H2,2-4H3,(H,26,28)/b9-6-. The van der Waals surface area contributed by atoms with E-state index in [0.717, 1.165) is 66.4 Å². The Morgan fingerprint density at radius 1 is 1.09 bits per heavy atom. The van der Waals surface area contributed by atoms with Gasteiger partial charge in [-0.15, -0.1) is 0 Å². The Hall–Kier alpha value is -2.68. The minimum atomic E-state index is -3.11. The van der Waals surface area contributed by atoms with Crippen molar-refractivity contribution in [3.63, 3.8) is 0 Å². The largest absolute Gasteiger partial charge is 0.497 e. The lowest BCUT2D eigenvalue weighted by molar-refractivity contribution is 0.415. The summed E-state index contributed by atoms with van der Waals surface area (Å²) in [6, 6.07) is 9.95. The van der Waals surface area contributed by atoms with Crippen LogP contribution in [0.5, 0.6) is 5.75 Å². The Morgan fingerprint density at radius 2 is 1.78 bits per heavy atom. The number of hydrogen-bond donors (Lipinski definition) is 3. The third kappa shape index (κ3) is 8.82. The first-order valence-corrected chi connectivity index (χ1v) is 12.6. The average molecular weight is 459 g/mol. The van der Waals surface area contributed by atoms with Crippen molar-refractivity contribution in [1.29, 1.82) is 0 Å². The van der Waals surface area contributed by atoms with Crippen molar-refractivity contribution in [3.8, 4) is 17.0 Å². The van der Waals surface area contributed by atoms with Crippen LogP contribution in [0, 0.1) is 6.92 Å². The van der Waals surface area contributed by atoms with Crippen LogP contribution >= 0.6 is 0 Å². The van der Waals surface area contributed by atoms with Crippen molar-refractivity contribution in [2.75, 3.05) is 44.9 Å². The van der Waals surface area contributed by atoms with Gasteiger partial charge in [0.1, 0.15) is 5.75 Å². The fraction of sp³-hybridized carbons (Fsp3) is 0.375. The van der Waals surface area contributed by atoms with Crippen molar-refractivity contribution < 1.29 is 13.2 Å². The minimum Gasteiger partial charge on any atom is -0.497 e. The number of benzene rings is 1. The summed E-state index contributed by atoms with van der Waals surface area (Å²) in [5, 5.41) is 6.88. The highest BCUT2D eigenvalue weighted by Gasteiger charge is 2.09. The fourth-order valence-corrected chi connectivity index (χ4v) is 3.66. The van der Waals surface area contributed by atoms with Gasteiger partial charge in [-0.25, -0.2) is 13.1 Å². The van der Waals surface area contributed by atoms with Crippen LogP contribution in [0.1, 0.15) is 24.1 Å². The second kappa shape index (κ2) is 13.0. The molecule has 1 aromatic carbocycles. The van der Waals surface area contributed by atoms with Gasteiger partial charge in [-0.3, -0.25) is 4.98 Å². The molecule has 0 spiro atoms. The molecule has 7 nitrogen and oxygen atoms in total. The second-order valence-electron chi connectivity index (χ2n) is 7.43. The topological polar surface area (TPSA) is 92.3 Å². The molecule has 0 aliphatic rings. The molecule has 0 aliphatic carbocycles. The van der Waals surface area contributed by atoms with Gasteiger partial charge in [-0.05, 0) is 63.2 Å². The van der Waals surface area contributed by atoms with Crippen LogP contribution in [-0.2, 0) is 10.0 Å². The molecule has 2 rings (SSSR count). The van der Waals surface area contributed by atoms with Crippen LogP contribution in [0.3, 0.4) is 0 Å². The Labute approximate surface area is 192 Å². The predicted octanol–water partition coefficient (Wildman–Crippen LogP) is 3.60. The summed E-state index contributed by atoms with van der Waals surface area (Å²) < 4.78 is 29.8. The molecule has 0 fully saturated rings. The maximum Gasteiger partial charge on any atom is 0.208 e. The molecule has 0 aliphatic heterocycles. The predicted molar refractivity (Wildman–Crippen MR) is 134 cm³/mol. The highest BCUT2D eigenvalue weighted by atomic mass is 32.2. The van der Waals surface area contributed by atoms with Crippen molar-refractivity contribution in [2.45, 2.75) is 19.8 Å². The number of ether oxygens (including phenoxy) is 1. The molecule has 0 bridgehead atoms. The van der Waals surface area contributed by atoms with Crippen molar-refractivity contribution >= 4 is 21.8 Å².